The first-order valence-electron chi connectivity index (χ1n) is 9.71. The third kappa shape index (κ3) is 7.77. The first-order valence-corrected chi connectivity index (χ1v) is 11.1. The van der Waals surface area contributed by atoms with Crippen molar-refractivity contribution in [3.63, 3.8) is 0 Å². The third-order valence-electron chi connectivity index (χ3n) is 4.80. The van der Waals surface area contributed by atoms with E-state index < -0.39 is 10.8 Å². The van der Waals surface area contributed by atoms with E-state index in [0.29, 0.717) is 17.8 Å². The summed E-state index contributed by atoms with van der Waals surface area (Å²) in [6, 6.07) is 7.95. The molecule has 160 valence electrons. The minimum absolute atomic E-state index is 0. The summed E-state index contributed by atoms with van der Waals surface area (Å²) in [6.07, 6.45) is 4.15. The second kappa shape index (κ2) is 13.2. The number of nitrogens with one attached hydrogen (secondary N) is 2. The van der Waals surface area contributed by atoms with Crippen LogP contribution in [0.2, 0.25) is 0 Å². The normalized spacial score (nSPS) is 21.8. The number of methoxy groups -OCH3 is 1. The number of para-hydroxylation sites is 2. The van der Waals surface area contributed by atoms with Crippen molar-refractivity contribution in [2.45, 2.75) is 56.9 Å². The molecule has 0 heterocycles. The van der Waals surface area contributed by atoms with E-state index in [4.69, 9.17) is 9.47 Å². The zero-order valence-corrected chi connectivity index (χ0v) is 20.4. The molecule has 28 heavy (non-hydrogen) atoms. The number of ether oxygens (including phenoxy) is 2. The second-order valence-electron chi connectivity index (χ2n) is 6.83. The lowest BCUT2D eigenvalue weighted by molar-refractivity contribution is 0.213. The summed E-state index contributed by atoms with van der Waals surface area (Å²) in [5.74, 6) is 2.96. The Hall–Kier alpha value is -1.03. The fraction of sp³-hybridized carbons (Fsp3) is 0.650. The largest absolute Gasteiger partial charge is 0.493 e. The first kappa shape index (κ1) is 25.0. The van der Waals surface area contributed by atoms with Crippen molar-refractivity contribution in [2.24, 2.45) is 4.99 Å². The van der Waals surface area contributed by atoms with Crippen LogP contribution in [0.3, 0.4) is 0 Å². The fourth-order valence-corrected chi connectivity index (χ4v) is 4.70. The van der Waals surface area contributed by atoms with Gasteiger partial charge in [-0.15, -0.1) is 24.0 Å². The lowest BCUT2D eigenvalue weighted by Gasteiger charge is -2.30. The van der Waals surface area contributed by atoms with E-state index in [-0.39, 0.29) is 30.1 Å². The SMILES string of the molecule is CCS(=O)C1CCCC(NC(=NC)NCC(C)Oc2ccccc2OC)C1.I. The predicted molar refractivity (Wildman–Crippen MR) is 128 cm³/mol. The van der Waals surface area contributed by atoms with Crippen LogP contribution in [0, 0.1) is 0 Å². The minimum atomic E-state index is -0.720. The van der Waals surface area contributed by atoms with Crippen LogP contribution < -0.4 is 20.1 Å². The lowest BCUT2D eigenvalue weighted by atomic mass is 9.95. The van der Waals surface area contributed by atoms with Gasteiger partial charge in [-0.25, -0.2) is 0 Å². The van der Waals surface area contributed by atoms with Crippen molar-refractivity contribution in [3.8, 4) is 11.5 Å². The Morgan fingerprint density at radius 1 is 1.32 bits per heavy atom. The number of aliphatic imine (C=N–C) groups is 1. The Balaban J connectivity index is 0.00000392. The van der Waals surface area contributed by atoms with Crippen LogP contribution in [-0.4, -0.2) is 54.0 Å². The van der Waals surface area contributed by atoms with Gasteiger partial charge in [-0.2, -0.15) is 0 Å². The molecule has 4 atom stereocenters. The third-order valence-corrected chi connectivity index (χ3v) is 6.54. The van der Waals surface area contributed by atoms with Crippen molar-refractivity contribution < 1.29 is 13.7 Å². The predicted octanol–water partition coefficient (Wildman–Crippen LogP) is 3.33. The maximum Gasteiger partial charge on any atom is 0.191 e. The number of benzene rings is 1. The lowest BCUT2D eigenvalue weighted by Crippen LogP contribution is -2.48. The quantitative estimate of drug-likeness (QED) is 0.311. The zero-order chi connectivity index (χ0) is 19.6. The van der Waals surface area contributed by atoms with Crippen LogP contribution in [0.1, 0.15) is 39.5 Å². The summed E-state index contributed by atoms with van der Waals surface area (Å²) in [5, 5.41) is 7.11. The van der Waals surface area contributed by atoms with Gasteiger partial charge >= 0.3 is 0 Å². The topological polar surface area (TPSA) is 72.0 Å². The summed E-state index contributed by atoms with van der Waals surface area (Å²) in [6.45, 7) is 4.62. The maximum atomic E-state index is 12.1. The number of hydrogen-bond acceptors (Lipinski definition) is 4. The number of guanidine groups is 1. The fourth-order valence-electron chi connectivity index (χ4n) is 3.35. The van der Waals surface area contributed by atoms with Crippen molar-refractivity contribution in [3.05, 3.63) is 24.3 Å². The molecule has 4 unspecified atom stereocenters. The van der Waals surface area contributed by atoms with Gasteiger partial charge in [0, 0.05) is 34.9 Å². The molecular weight excluding hydrogens is 489 g/mol. The van der Waals surface area contributed by atoms with Gasteiger partial charge in [0.05, 0.1) is 13.7 Å². The van der Waals surface area contributed by atoms with E-state index in [2.05, 4.69) is 15.6 Å². The molecule has 1 aromatic carbocycles. The highest BCUT2D eigenvalue weighted by molar-refractivity contribution is 14.0. The van der Waals surface area contributed by atoms with E-state index in [1.165, 1.54) is 0 Å². The van der Waals surface area contributed by atoms with Crippen molar-refractivity contribution in [2.75, 3.05) is 26.5 Å². The van der Waals surface area contributed by atoms with Gasteiger partial charge in [-0.3, -0.25) is 9.20 Å². The molecule has 0 bridgehead atoms. The van der Waals surface area contributed by atoms with Crippen molar-refractivity contribution in [1.82, 2.24) is 10.6 Å². The van der Waals surface area contributed by atoms with Crippen molar-refractivity contribution in [1.29, 1.82) is 0 Å². The van der Waals surface area contributed by atoms with Gasteiger partial charge < -0.3 is 20.1 Å². The molecule has 1 aromatic rings. The van der Waals surface area contributed by atoms with E-state index in [1.807, 2.05) is 38.1 Å². The summed E-state index contributed by atoms with van der Waals surface area (Å²) >= 11 is 0. The average molecular weight is 523 g/mol. The van der Waals surface area contributed by atoms with Gasteiger partial charge in [-0.05, 0) is 38.3 Å². The zero-order valence-electron chi connectivity index (χ0n) is 17.3. The monoisotopic (exact) mass is 523 g/mol. The van der Waals surface area contributed by atoms with Crippen LogP contribution in [-0.2, 0) is 10.8 Å². The molecule has 8 heteroatoms. The number of rotatable bonds is 8. The first-order chi connectivity index (χ1) is 13.1. The molecule has 1 aliphatic carbocycles. The summed E-state index contributed by atoms with van der Waals surface area (Å²) in [4.78, 5) is 4.32. The van der Waals surface area contributed by atoms with Crippen LogP contribution in [0.4, 0.5) is 0 Å². The Morgan fingerprint density at radius 2 is 2.04 bits per heavy atom. The molecule has 0 aromatic heterocycles. The molecule has 1 aliphatic rings. The number of hydrogen-bond donors (Lipinski definition) is 2. The van der Waals surface area contributed by atoms with E-state index >= 15 is 0 Å². The minimum Gasteiger partial charge on any atom is -0.493 e. The van der Waals surface area contributed by atoms with E-state index in [9.17, 15) is 4.21 Å². The van der Waals surface area contributed by atoms with Gasteiger partial charge in [-0.1, -0.05) is 25.5 Å². The summed E-state index contributed by atoms with van der Waals surface area (Å²) in [5.41, 5.74) is 0. The second-order valence-corrected chi connectivity index (χ2v) is 8.84. The molecule has 0 aliphatic heterocycles. The standard InChI is InChI=1S/C20H33N3O3S.HI/c1-5-27(24)17-10-8-9-16(13-17)23-20(21-3)22-14-15(2)26-19-12-7-6-11-18(19)25-4;/h6-7,11-12,15-17H,5,8-10,13-14H2,1-4H3,(H2,21,22,23);1H. The molecule has 0 saturated heterocycles. The Labute approximate surface area is 188 Å². The highest BCUT2D eigenvalue weighted by Crippen LogP contribution is 2.26. The Kier molecular flexibility index (Phi) is 11.8. The van der Waals surface area contributed by atoms with E-state index in [0.717, 1.165) is 48.9 Å². The van der Waals surface area contributed by atoms with Crippen LogP contribution in [0.5, 0.6) is 11.5 Å². The van der Waals surface area contributed by atoms with Crippen LogP contribution >= 0.6 is 24.0 Å². The summed E-state index contributed by atoms with van der Waals surface area (Å²) in [7, 11) is 2.69. The van der Waals surface area contributed by atoms with Crippen LogP contribution in [0.25, 0.3) is 0 Å². The van der Waals surface area contributed by atoms with E-state index in [1.54, 1.807) is 14.2 Å². The number of nitrogens with zero attached hydrogens (tertiary/aromatic N) is 1. The summed E-state index contributed by atoms with van der Waals surface area (Å²) < 4.78 is 23.4. The van der Waals surface area contributed by atoms with Gasteiger partial charge in [0.15, 0.2) is 17.5 Å². The molecular formula is C20H34IN3O3S. The molecule has 1 saturated carbocycles. The smallest absolute Gasteiger partial charge is 0.191 e. The molecule has 0 amide bonds. The highest BCUT2D eigenvalue weighted by Gasteiger charge is 2.26. The molecule has 2 N–H and O–H groups in total. The molecule has 1 fully saturated rings. The molecule has 0 spiro atoms. The highest BCUT2D eigenvalue weighted by atomic mass is 127. The average Bonchev–Trinajstić information content (AvgIpc) is 2.71. The maximum absolute atomic E-state index is 12.1. The number of halogens is 1. The van der Waals surface area contributed by atoms with Gasteiger partial charge in [0.2, 0.25) is 0 Å². The van der Waals surface area contributed by atoms with Crippen molar-refractivity contribution >= 4 is 40.7 Å². The molecule has 6 nitrogen and oxygen atoms in total. The molecule has 0 radical (unpaired) electrons. The van der Waals surface area contributed by atoms with Crippen LogP contribution in [0.15, 0.2) is 29.3 Å². The Morgan fingerprint density at radius 3 is 2.68 bits per heavy atom. The molecule has 2 rings (SSSR count). The van der Waals surface area contributed by atoms with Gasteiger partial charge in [0.25, 0.3) is 0 Å². The van der Waals surface area contributed by atoms with Gasteiger partial charge in [0.1, 0.15) is 6.10 Å². The Bertz CT molecular complexity index is 645.